The Morgan fingerprint density at radius 3 is 0.831 bits per heavy atom. The van der Waals surface area contributed by atoms with E-state index in [0.29, 0.717) is 19.3 Å². The maximum absolute atomic E-state index is 12.8. The van der Waals surface area contributed by atoms with Gasteiger partial charge >= 0.3 is 17.9 Å². The summed E-state index contributed by atoms with van der Waals surface area (Å²) >= 11 is 0. The average molecular weight is 835 g/mol. The lowest BCUT2D eigenvalue weighted by Crippen LogP contribution is -2.30. The Labute approximate surface area is 368 Å². The van der Waals surface area contributed by atoms with Gasteiger partial charge in [-0.2, -0.15) is 0 Å². The van der Waals surface area contributed by atoms with E-state index < -0.39 is 6.10 Å². The number of rotatable bonds is 48. The molecule has 1 atom stereocenters. The number of ether oxygens (including phenoxy) is 3. The lowest BCUT2D eigenvalue weighted by atomic mass is 10.0. The highest BCUT2D eigenvalue weighted by atomic mass is 16.6. The summed E-state index contributed by atoms with van der Waals surface area (Å²) in [5.74, 6) is -0.0387. The number of carbonyl (C=O) groups is 3. The minimum Gasteiger partial charge on any atom is -0.462 e. The molecule has 0 aliphatic rings. The lowest BCUT2D eigenvalue weighted by molar-refractivity contribution is -0.167. The number of esters is 3. The lowest BCUT2D eigenvalue weighted by Gasteiger charge is -2.18. The summed E-state index contributed by atoms with van der Waals surface area (Å²) in [6.45, 7) is 9.01. The molecule has 0 fully saturated rings. The summed E-state index contributed by atoms with van der Waals surface area (Å²) in [6, 6.07) is 0. The largest absolute Gasteiger partial charge is 0.462 e. The Morgan fingerprint density at radius 2 is 0.559 bits per heavy atom. The summed E-state index contributed by atoms with van der Waals surface area (Å²) < 4.78 is 16.8. The van der Waals surface area contributed by atoms with E-state index in [-0.39, 0.29) is 31.1 Å². The molecule has 0 radical (unpaired) electrons. The minimum absolute atomic E-state index is 0.0629. The Hall–Kier alpha value is -1.59. The van der Waals surface area contributed by atoms with Crippen molar-refractivity contribution in [3.63, 3.8) is 0 Å². The molecule has 0 aromatic rings. The number of hydrogen-bond donors (Lipinski definition) is 0. The molecule has 0 heterocycles. The topological polar surface area (TPSA) is 78.9 Å². The molecule has 0 spiro atoms. The van der Waals surface area contributed by atoms with Crippen molar-refractivity contribution in [1.29, 1.82) is 0 Å². The highest BCUT2D eigenvalue weighted by Gasteiger charge is 2.19. The molecule has 350 valence electrons. The van der Waals surface area contributed by atoms with Crippen LogP contribution in [0.15, 0.2) is 0 Å². The molecule has 0 aliphatic heterocycles. The second-order valence-electron chi connectivity index (χ2n) is 18.6. The predicted molar refractivity (Wildman–Crippen MR) is 252 cm³/mol. The first-order chi connectivity index (χ1) is 28.9. The zero-order valence-corrected chi connectivity index (χ0v) is 40.2. The van der Waals surface area contributed by atoms with Crippen molar-refractivity contribution in [2.24, 2.45) is 5.92 Å². The maximum Gasteiger partial charge on any atom is 0.306 e. The average Bonchev–Trinajstić information content (AvgIpc) is 3.22. The van der Waals surface area contributed by atoms with Gasteiger partial charge in [0.2, 0.25) is 0 Å². The van der Waals surface area contributed by atoms with Crippen LogP contribution in [0.1, 0.15) is 297 Å². The smallest absolute Gasteiger partial charge is 0.306 e. The third-order valence-corrected chi connectivity index (χ3v) is 12.0. The van der Waals surface area contributed by atoms with Gasteiger partial charge in [0.1, 0.15) is 13.2 Å². The van der Waals surface area contributed by atoms with Crippen molar-refractivity contribution in [1.82, 2.24) is 0 Å². The number of carbonyl (C=O) groups excluding carboxylic acids is 3. The van der Waals surface area contributed by atoms with E-state index in [1.165, 1.54) is 193 Å². The fraction of sp³-hybridized carbons (Fsp3) is 0.943. The molecule has 0 bridgehead atoms. The Morgan fingerprint density at radius 1 is 0.322 bits per heavy atom. The van der Waals surface area contributed by atoms with E-state index in [2.05, 4.69) is 27.7 Å². The molecule has 0 rings (SSSR count). The first-order valence-electron chi connectivity index (χ1n) is 26.4. The Bertz CT molecular complexity index is 887. The zero-order chi connectivity index (χ0) is 43.1. The van der Waals surface area contributed by atoms with E-state index in [1.807, 2.05) is 0 Å². The van der Waals surface area contributed by atoms with E-state index in [0.717, 1.165) is 63.7 Å². The molecule has 0 aliphatic carbocycles. The molecule has 0 amide bonds. The SMILES string of the molecule is CCCCCCCCCCCCCCCCCCCC(=O)OC[C@H](COC(=O)CCCCCCCCCCCCCC)OC(=O)CCCCCCCCCCCC(C)C. The first kappa shape index (κ1) is 57.4. The molecule has 0 aromatic heterocycles. The third kappa shape index (κ3) is 47.3. The zero-order valence-electron chi connectivity index (χ0n) is 40.2. The van der Waals surface area contributed by atoms with Gasteiger partial charge in [-0.1, -0.05) is 259 Å². The first-order valence-corrected chi connectivity index (χ1v) is 26.4. The van der Waals surface area contributed by atoms with Crippen molar-refractivity contribution in [2.45, 2.75) is 303 Å². The van der Waals surface area contributed by atoms with Crippen molar-refractivity contribution in [3.8, 4) is 0 Å². The van der Waals surface area contributed by atoms with Crippen molar-refractivity contribution in [2.75, 3.05) is 13.2 Å². The second kappa shape index (κ2) is 47.5. The molecular weight excluding hydrogens is 733 g/mol. The fourth-order valence-electron chi connectivity index (χ4n) is 8.04. The summed E-state index contributed by atoms with van der Waals surface area (Å²) in [5, 5.41) is 0. The summed E-state index contributed by atoms with van der Waals surface area (Å²) in [4.78, 5) is 37.9. The molecule has 0 saturated heterocycles. The van der Waals surface area contributed by atoms with Crippen molar-refractivity contribution in [3.05, 3.63) is 0 Å². The second-order valence-corrected chi connectivity index (χ2v) is 18.6. The predicted octanol–water partition coefficient (Wildman–Crippen LogP) is 17.1. The fourth-order valence-corrected chi connectivity index (χ4v) is 8.04. The van der Waals surface area contributed by atoms with Crippen molar-refractivity contribution >= 4 is 17.9 Å². The summed E-state index contributed by atoms with van der Waals surface area (Å²) in [5.41, 5.74) is 0. The maximum atomic E-state index is 12.8. The number of hydrogen-bond acceptors (Lipinski definition) is 6. The van der Waals surface area contributed by atoms with Gasteiger partial charge in [0.15, 0.2) is 6.10 Å². The van der Waals surface area contributed by atoms with Crippen LogP contribution in [0.4, 0.5) is 0 Å². The van der Waals surface area contributed by atoms with Crippen LogP contribution in [0.2, 0.25) is 0 Å². The van der Waals surface area contributed by atoms with E-state index in [1.54, 1.807) is 0 Å². The van der Waals surface area contributed by atoms with Gasteiger partial charge < -0.3 is 14.2 Å². The number of unbranched alkanes of at least 4 members (excludes halogenated alkanes) is 35. The molecule has 0 N–H and O–H groups in total. The van der Waals surface area contributed by atoms with Crippen LogP contribution in [-0.2, 0) is 28.6 Å². The van der Waals surface area contributed by atoms with Gasteiger partial charge in [0.25, 0.3) is 0 Å². The van der Waals surface area contributed by atoms with Gasteiger partial charge in [-0.05, 0) is 25.2 Å². The molecule has 0 aromatic carbocycles. The molecule has 6 heteroatoms. The molecule has 59 heavy (non-hydrogen) atoms. The van der Waals surface area contributed by atoms with E-state index in [9.17, 15) is 14.4 Å². The van der Waals surface area contributed by atoms with E-state index in [4.69, 9.17) is 14.2 Å². The van der Waals surface area contributed by atoms with Gasteiger partial charge in [0, 0.05) is 19.3 Å². The highest BCUT2D eigenvalue weighted by Crippen LogP contribution is 2.17. The van der Waals surface area contributed by atoms with Crippen LogP contribution in [-0.4, -0.2) is 37.2 Å². The molecule has 6 nitrogen and oxygen atoms in total. The van der Waals surface area contributed by atoms with Crippen LogP contribution in [0, 0.1) is 5.92 Å². The summed E-state index contributed by atoms with van der Waals surface area (Å²) in [6.07, 6.45) is 49.5. The van der Waals surface area contributed by atoms with Crippen LogP contribution >= 0.6 is 0 Å². The standard InChI is InChI=1S/C53H102O6/c1-5-7-9-11-13-15-17-19-20-21-22-23-25-29-33-37-41-45-52(55)58-48-50(59-53(56)46-42-38-34-30-26-27-31-35-39-43-49(3)4)47-57-51(54)44-40-36-32-28-24-18-16-14-12-10-8-6-2/h49-50H,5-48H2,1-4H3/t50-/m0/s1. The van der Waals surface area contributed by atoms with Gasteiger partial charge in [-0.15, -0.1) is 0 Å². The monoisotopic (exact) mass is 835 g/mol. The van der Waals surface area contributed by atoms with Gasteiger partial charge in [-0.25, -0.2) is 0 Å². The highest BCUT2D eigenvalue weighted by molar-refractivity contribution is 5.71. The normalized spacial score (nSPS) is 11.9. The van der Waals surface area contributed by atoms with Crippen LogP contribution in [0.5, 0.6) is 0 Å². The quantitative estimate of drug-likeness (QED) is 0.0345. The third-order valence-electron chi connectivity index (χ3n) is 12.0. The van der Waals surface area contributed by atoms with Gasteiger partial charge in [0.05, 0.1) is 0 Å². The molecule has 0 unspecified atom stereocenters. The van der Waals surface area contributed by atoms with Crippen LogP contribution in [0.25, 0.3) is 0 Å². The molecule has 0 saturated carbocycles. The van der Waals surface area contributed by atoms with E-state index >= 15 is 0 Å². The van der Waals surface area contributed by atoms with Gasteiger partial charge in [-0.3, -0.25) is 14.4 Å². The Balaban J connectivity index is 4.27. The molecular formula is C53H102O6. The summed E-state index contributed by atoms with van der Waals surface area (Å²) in [7, 11) is 0. The Kier molecular flexibility index (Phi) is 46.2. The van der Waals surface area contributed by atoms with Crippen LogP contribution < -0.4 is 0 Å². The minimum atomic E-state index is -0.761. The van der Waals surface area contributed by atoms with Crippen LogP contribution in [0.3, 0.4) is 0 Å². The van der Waals surface area contributed by atoms with Crippen molar-refractivity contribution < 1.29 is 28.6 Å².